The van der Waals surface area contributed by atoms with Gasteiger partial charge in [-0.25, -0.2) is 9.50 Å². The summed E-state index contributed by atoms with van der Waals surface area (Å²) in [7, 11) is 1.75. The summed E-state index contributed by atoms with van der Waals surface area (Å²) in [4.78, 5) is 11.3. The monoisotopic (exact) mass is 341 g/mol. The van der Waals surface area contributed by atoms with Crippen molar-refractivity contribution in [2.45, 2.75) is 32.4 Å². The zero-order chi connectivity index (χ0) is 17.4. The highest BCUT2D eigenvalue weighted by Crippen LogP contribution is 2.24. The first kappa shape index (κ1) is 15.9. The third-order valence-corrected chi connectivity index (χ3v) is 4.59. The van der Waals surface area contributed by atoms with Crippen LogP contribution in [0, 0.1) is 0 Å². The molecule has 1 aliphatic heterocycles. The number of anilines is 3. The summed E-state index contributed by atoms with van der Waals surface area (Å²) in [6, 6.07) is 4.33. The average Bonchev–Trinajstić information content (AvgIpc) is 3.34. The van der Waals surface area contributed by atoms with Gasteiger partial charge in [0.2, 0.25) is 5.95 Å². The van der Waals surface area contributed by atoms with Crippen LogP contribution in [0.2, 0.25) is 0 Å². The van der Waals surface area contributed by atoms with Gasteiger partial charge in [0, 0.05) is 38.6 Å². The number of aromatic nitrogens is 5. The van der Waals surface area contributed by atoms with E-state index in [-0.39, 0.29) is 6.10 Å². The summed E-state index contributed by atoms with van der Waals surface area (Å²) in [6.45, 7) is 5.95. The molecule has 1 N–H and O–H groups in total. The fourth-order valence-corrected chi connectivity index (χ4v) is 3.06. The summed E-state index contributed by atoms with van der Waals surface area (Å²) >= 11 is 0. The summed E-state index contributed by atoms with van der Waals surface area (Å²) < 4.78 is 9.36. The van der Waals surface area contributed by atoms with Crippen LogP contribution in [-0.2, 0) is 4.74 Å². The van der Waals surface area contributed by atoms with E-state index in [1.807, 2.05) is 35.4 Å². The smallest absolute Gasteiger partial charge is 0.245 e. The topological polar surface area (TPSA) is 72.5 Å². The maximum absolute atomic E-state index is 5.45. The van der Waals surface area contributed by atoms with Crippen molar-refractivity contribution >= 4 is 23.1 Å². The van der Waals surface area contributed by atoms with Crippen LogP contribution in [-0.4, -0.2) is 50.5 Å². The first-order chi connectivity index (χ1) is 12.1. The van der Waals surface area contributed by atoms with Gasteiger partial charge >= 0.3 is 0 Å². The minimum Gasteiger partial charge on any atom is -0.380 e. The lowest BCUT2D eigenvalue weighted by atomic mass is 10.3. The standard InChI is InChI=1S/C17H23N7O/c1-12(2)23-10-15(18-11-23)19-16-14-5-4-7-24(14)21-17(20-16)22-8-6-13(9-22)25-3/h4-5,7,10-13H,6,8-9H2,1-3H3,(H,19,20,21)/t13-/m1/s1. The molecule has 0 aromatic carbocycles. The van der Waals surface area contributed by atoms with Crippen LogP contribution in [0.5, 0.6) is 0 Å². The van der Waals surface area contributed by atoms with Crippen molar-refractivity contribution in [2.75, 3.05) is 30.4 Å². The molecule has 3 aromatic rings. The zero-order valence-electron chi connectivity index (χ0n) is 14.8. The molecule has 8 heteroatoms. The molecule has 0 radical (unpaired) electrons. The molecular weight excluding hydrogens is 318 g/mol. The number of imidazole rings is 1. The lowest BCUT2D eigenvalue weighted by Crippen LogP contribution is -2.25. The molecule has 3 aromatic heterocycles. The second kappa shape index (κ2) is 6.36. The van der Waals surface area contributed by atoms with Crippen molar-refractivity contribution in [3.63, 3.8) is 0 Å². The van der Waals surface area contributed by atoms with E-state index in [4.69, 9.17) is 9.72 Å². The molecule has 8 nitrogen and oxygen atoms in total. The lowest BCUT2D eigenvalue weighted by Gasteiger charge is -2.17. The van der Waals surface area contributed by atoms with Crippen LogP contribution in [0.15, 0.2) is 30.9 Å². The van der Waals surface area contributed by atoms with Gasteiger partial charge in [-0.1, -0.05) is 0 Å². The van der Waals surface area contributed by atoms with Gasteiger partial charge in [0.25, 0.3) is 0 Å². The number of rotatable bonds is 5. The van der Waals surface area contributed by atoms with Gasteiger partial charge in [-0.15, -0.1) is 5.10 Å². The number of hydrogen-bond donors (Lipinski definition) is 1. The maximum Gasteiger partial charge on any atom is 0.245 e. The number of nitrogens with zero attached hydrogens (tertiary/aromatic N) is 6. The van der Waals surface area contributed by atoms with E-state index in [2.05, 4.69) is 38.7 Å². The molecule has 0 aliphatic carbocycles. The molecule has 4 rings (SSSR count). The Morgan fingerprint density at radius 1 is 1.36 bits per heavy atom. The summed E-state index contributed by atoms with van der Waals surface area (Å²) in [6.07, 6.45) is 6.98. The summed E-state index contributed by atoms with van der Waals surface area (Å²) in [5.74, 6) is 2.23. The highest BCUT2D eigenvalue weighted by molar-refractivity contribution is 5.72. The Labute approximate surface area is 146 Å². The molecule has 1 fully saturated rings. The van der Waals surface area contributed by atoms with Crippen LogP contribution in [0.1, 0.15) is 26.3 Å². The Morgan fingerprint density at radius 2 is 2.24 bits per heavy atom. The number of nitrogens with one attached hydrogen (secondary N) is 1. The second-order valence-corrected chi connectivity index (χ2v) is 6.62. The molecule has 0 unspecified atom stereocenters. The van der Waals surface area contributed by atoms with Crippen LogP contribution in [0.3, 0.4) is 0 Å². The molecule has 132 valence electrons. The minimum absolute atomic E-state index is 0.238. The first-order valence-corrected chi connectivity index (χ1v) is 8.57. The normalized spacial score (nSPS) is 17.8. The van der Waals surface area contributed by atoms with Crippen molar-refractivity contribution < 1.29 is 4.74 Å². The molecule has 4 heterocycles. The summed E-state index contributed by atoms with van der Waals surface area (Å²) in [5, 5.41) is 7.97. The van der Waals surface area contributed by atoms with E-state index in [1.165, 1.54) is 0 Å². The second-order valence-electron chi connectivity index (χ2n) is 6.62. The van der Waals surface area contributed by atoms with E-state index < -0.39 is 0 Å². The Kier molecular flexibility index (Phi) is 4.04. The molecule has 0 amide bonds. The van der Waals surface area contributed by atoms with E-state index in [0.717, 1.165) is 36.7 Å². The van der Waals surface area contributed by atoms with Crippen LogP contribution in [0.4, 0.5) is 17.6 Å². The fourth-order valence-electron chi connectivity index (χ4n) is 3.06. The van der Waals surface area contributed by atoms with Gasteiger partial charge in [0.05, 0.1) is 12.4 Å². The molecule has 0 saturated carbocycles. The minimum atomic E-state index is 0.238. The Balaban J connectivity index is 1.66. The number of methoxy groups -OCH3 is 1. The quantitative estimate of drug-likeness (QED) is 0.769. The van der Waals surface area contributed by atoms with E-state index >= 15 is 0 Å². The first-order valence-electron chi connectivity index (χ1n) is 8.57. The van der Waals surface area contributed by atoms with Crippen LogP contribution >= 0.6 is 0 Å². The average molecular weight is 341 g/mol. The predicted molar refractivity (Wildman–Crippen MR) is 96.5 cm³/mol. The highest BCUT2D eigenvalue weighted by atomic mass is 16.5. The fraction of sp³-hybridized carbons (Fsp3) is 0.471. The van der Waals surface area contributed by atoms with Crippen molar-refractivity contribution in [2.24, 2.45) is 0 Å². The third-order valence-electron chi connectivity index (χ3n) is 4.59. The zero-order valence-corrected chi connectivity index (χ0v) is 14.8. The third kappa shape index (κ3) is 3.05. The van der Waals surface area contributed by atoms with Crippen molar-refractivity contribution in [3.05, 3.63) is 30.9 Å². The van der Waals surface area contributed by atoms with Crippen LogP contribution < -0.4 is 10.2 Å². The van der Waals surface area contributed by atoms with Crippen molar-refractivity contribution in [3.8, 4) is 0 Å². The number of ether oxygens (including phenoxy) is 1. The van der Waals surface area contributed by atoms with Gasteiger partial charge in [-0.05, 0) is 32.4 Å². The Hall–Kier alpha value is -2.61. The molecule has 1 saturated heterocycles. The molecule has 0 spiro atoms. The van der Waals surface area contributed by atoms with Gasteiger partial charge in [0.1, 0.15) is 11.3 Å². The van der Waals surface area contributed by atoms with Gasteiger partial charge < -0.3 is 19.5 Å². The Morgan fingerprint density at radius 3 is 2.96 bits per heavy atom. The summed E-state index contributed by atoms with van der Waals surface area (Å²) in [5.41, 5.74) is 0.922. The molecule has 25 heavy (non-hydrogen) atoms. The lowest BCUT2D eigenvalue weighted by molar-refractivity contribution is 0.121. The highest BCUT2D eigenvalue weighted by Gasteiger charge is 2.25. The molecule has 0 bridgehead atoms. The number of hydrogen-bond acceptors (Lipinski definition) is 6. The van der Waals surface area contributed by atoms with Gasteiger partial charge in [-0.3, -0.25) is 0 Å². The maximum atomic E-state index is 5.45. The largest absolute Gasteiger partial charge is 0.380 e. The predicted octanol–water partition coefficient (Wildman–Crippen LogP) is 2.48. The van der Waals surface area contributed by atoms with E-state index in [9.17, 15) is 0 Å². The number of fused-ring (bicyclic) bond motifs is 1. The van der Waals surface area contributed by atoms with E-state index in [1.54, 1.807) is 7.11 Å². The van der Waals surface area contributed by atoms with Crippen molar-refractivity contribution in [1.82, 2.24) is 24.1 Å². The molecular formula is C17H23N7O. The SMILES string of the molecule is CO[C@@H]1CCN(c2nc(Nc3cn(C(C)C)cn3)c3cccn3n2)C1. The molecule has 1 aliphatic rings. The van der Waals surface area contributed by atoms with Gasteiger partial charge in [-0.2, -0.15) is 4.98 Å². The van der Waals surface area contributed by atoms with Gasteiger partial charge in [0.15, 0.2) is 5.82 Å². The molecule has 1 atom stereocenters. The van der Waals surface area contributed by atoms with Crippen molar-refractivity contribution in [1.29, 1.82) is 0 Å². The Bertz CT molecular complexity index is 869. The van der Waals surface area contributed by atoms with E-state index in [0.29, 0.717) is 12.0 Å². The van der Waals surface area contributed by atoms with Crippen LogP contribution in [0.25, 0.3) is 5.52 Å².